The molecule has 0 spiro atoms. The van der Waals surface area contributed by atoms with Crippen LogP contribution in [0, 0.1) is 0 Å². The van der Waals surface area contributed by atoms with Crippen LogP contribution in [0.4, 0.5) is 17.1 Å². The van der Waals surface area contributed by atoms with E-state index in [2.05, 4.69) is 157 Å². The number of anilines is 3. The van der Waals surface area contributed by atoms with E-state index in [-0.39, 0.29) is 0 Å². The van der Waals surface area contributed by atoms with Crippen LogP contribution in [0.2, 0.25) is 0 Å². The summed E-state index contributed by atoms with van der Waals surface area (Å²) in [6.45, 7) is 0. The Morgan fingerprint density at radius 1 is 0.346 bits per heavy atom. The van der Waals surface area contributed by atoms with Crippen molar-refractivity contribution in [1.82, 2.24) is 0 Å². The fraction of sp³-hybridized carbons (Fsp3) is 0. The van der Waals surface area contributed by atoms with Gasteiger partial charge in [-0.1, -0.05) is 115 Å². The van der Waals surface area contributed by atoms with Gasteiger partial charge in [-0.05, 0) is 76.9 Å². The standard InChI is InChI=1S/C48H29NO2S/c1-2-11-30(12-3-1)35-17-9-18-39-40-19-10-20-42(48(40)52-47(35)39)49(34-24-25-38-36-15-4-6-21-43(36)51-46(38)29-34)33-14-8-13-31(27-33)32-23-26-45-41(28-32)37-16-5-7-22-44(37)50-45/h1-29H. The van der Waals surface area contributed by atoms with Gasteiger partial charge in [0, 0.05) is 54.5 Å². The summed E-state index contributed by atoms with van der Waals surface area (Å²) >= 11 is 1.86. The molecule has 0 saturated carbocycles. The molecule has 8 aromatic carbocycles. The molecule has 244 valence electrons. The maximum absolute atomic E-state index is 6.44. The third kappa shape index (κ3) is 4.51. The summed E-state index contributed by atoms with van der Waals surface area (Å²) in [6, 6.07) is 62.6. The normalized spacial score (nSPS) is 11.8. The molecule has 0 aliphatic heterocycles. The van der Waals surface area contributed by atoms with Gasteiger partial charge in [-0.2, -0.15) is 0 Å². The van der Waals surface area contributed by atoms with Crippen molar-refractivity contribution in [1.29, 1.82) is 0 Å². The number of thiophene rings is 1. The first kappa shape index (κ1) is 29.1. The average molecular weight is 684 g/mol. The van der Waals surface area contributed by atoms with Crippen LogP contribution in [0.25, 0.3) is 86.3 Å². The van der Waals surface area contributed by atoms with Gasteiger partial charge < -0.3 is 13.7 Å². The topological polar surface area (TPSA) is 29.5 Å². The fourth-order valence-electron chi connectivity index (χ4n) is 7.84. The van der Waals surface area contributed by atoms with Crippen molar-refractivity contribution in [2.24, 2.45) is 0 Å². The van der Waals surface area contributed by atoms with Crippen molar-refractivity contribution in [2.45, 2.75) is 0 Å². The molecule has 3 aromatic heterocycles. The van der Waals surface area contributed by atoms with Crippen LogP contribution in [-0.4, -0.2) is 0 Å². The van der Waals surface area contributed by atoms with E-state index >= 15 is 0 Å². The monoisotopic (exact) mass is 683 g/mol. The Hall–Kier alpha value is -6.62. The minimum atomic E-state index is 0.868. The second-order valence-corrected chi connectivity index (χ2v) is 14.3. The van der Waals surface area contributed by atoms with Crippen molar-refractivity contribution in [3.63, 3.8) is 0 Å². The second kappa shape index (κ2) is 11.5. The molecule has 0 unspecified atom stereocenters. The Labute approximate surface area is 303 Å². The molecule has 3 nitrogen and oxygen atoms in total. The van der Waals surface area contributed by atoms with E-state index < -0.39 is 0 Å². The van der Waals surface area contributed by atoms with Crippen LogP contribution in [0.3, 0.4) is 0 Å². The van der Waals surface area contributed by atoms with Crippen LogP contribution < -0.4 is 4.90 Å². The van der Waals surface area contributed by atoms with Gasteiger partial charge in [0.15, 0.2) is 0 Å². The lowest BCUT2D eigenvalue weighted by Gasteiger charge is -2.26. The largest absolute Gasteiger partial charge is 0.456 e. The van der Waals surface area contributed by atoms with Crippen molar-refractivity contribution in [2.75, 3.05) is 4.90 Å². The first-order valence-corrected chi connectivity index (χ1v) is 18.3. The lowest BCUT2D eigenvalue weighted by atomic mass is 10.0. The minimum Gasteiger partial charge on any atom is -0.456 e. The van der Waals surface area contributed by atoms with Gasteiger partial charge in [0.2, 0.25) is 0 Å². The van der Waals surface area contributed by atoms with Crippen molar-refractivity contribution in [3.8, 4) is 22.3 Å². The Kier molecular flexibility index (Phi) is 6.42. The number of hydrogen-bond donors (Lipinski definition) is 0. The van der Waals surface area contributed by atoms with Crippen LogP contribution in [-0.2, 0) is 0 Å². The highest BCUT2D eigenvalue weighted by molar-refractivity contribution is 7.27. The van der Waals surface area contributed by atoms with Crippen molar-refractivity contribution >= 4 is 92.4 Å². The zero-order chi connectivity index (χ0) is 34.2. The summed E-state index contributed by atoms with van der Waals surface area (Å²) < 4.78 is 15.1. The van der Waals surface area contributed by atoms with E-state index in [1.807, 2.05) is 35.6 Å². The van der Waals surface area contributed by atoms with Gasteiger partial charge in [-0.15, -0.1) is 11.3 Å². The molecule has 11 rings (SSSR count). The van der Waals surface area contributed by atoms with Gasteiger partial charge in [0.1, 0.15) is 22.3 Å². The van der Waals surface area contributed by atoms with Crippen LogP contribution >= 0.6 is 11.3 Å². The van der Waals surface area contributed by atoms with E-state index in [4.69, 9.17) is 8.83 Å². The molecule has 0 aliphatic carbocycles. The van der Waals surface area contributed by atoms with E-state index in [1.54, 1.807) is 0 Å². The average Bonchev–Trinajstić information content (AvgIpc) is 3.89. The predicted molar refractivity (Wildman–Crippen MR) is 219 cm³/mol. The summed E-state index contributed by atoms with van der Waals surface area (Å²) in [4.78, 5) is 2.39. The van der Waals surface area contributed by atoms with Crippen molar-refractivity contribution < 1.29 is 8.83 Å². The number of hydrogen-bond acceptors (Lipinski definition) is 4. The summed E-state index contributed by atoms with van der Waals surface area (Å²) in [7, 11) is 0. The summed E-state index contributed by atoms with van der Waals surface area (Å²) in [5, 5.41) is 7.00. The molecule has 0 saturated heterocycles. The maximum atomic E-state index is 6.44. The Morgan fingerprint density at radius 3 is 1.79 bits per heavy atom. The van der Waals surface area contributed by atoms with Gasteiger partial charge in [0.25, 0.3) is 0 Å². The van der Waals surface area contributed by atoms with Crippen molar-refractivity contribution in [3.05, 3.63) is 176 Å². The predicted octanol–water partition coefficient (Wildman–Crippen LogP) is 14.7. The summed E-state index contributed by atoms with van der Waals surface area (Å²) in [5.74, 6) is 0. The zero-order valence-corrected chi connectivity index (χ0v) is 28.7. The molecule has 0 fully saturated rings. The molecule has 11 aromatic rings. The van der Waals surface area contributed by atoms with Gasteiger partial charge in [-0.25, -0.2) is 0 Å². The molecule has 4 heteroatoms. The smallest absolute Gasteiger partial charge is 0.137 e. The summed E-state index contributed by atoms with van der Waals surface area (Å²) in [6.07, 6.45) is 0. The van der Waals surface area contributed by atoms with E-state index in [0.717, 1.165) is 72.1 Å². The SMILES string of the molecule is c1ccc(-c2cccc3c2sc2c(N(c4cccc(-c5ccc6oc7ccccc7c6c5)c4)c4ccc5c(c4)oc4ccccc45)cccc23)cc1. The number of benzene rings is 8. The molecule has 0 amide bonds. The molecular weight excluding hydrogens is 655 g/mol. The first-order chi connectivity index (χ1) is 25.8. The fourth-order valence-corrected chi connectivity index (χ4v) is 9.18. The Bertz CT molecular complexity index is 3150. The van der Waals surface area contributed by atoms with Crippen LogP contribution in [0.1, 0.15) is 0 Å². The number of nitrogens with zero attached hydrogens (tertiary/aromatic N) is 1. The van der Waals surface area contributed by atoms with Gasteiger partial charge >= 0.3 is 0 Å². The highest BCUT2D eigenvalue weighted by atomic mass is 32.1. The minimum absolute atomic E-state index is 0.868. The third-order valence-electron chi connectivity index (χ3n) is 10.3. The second-order valence-electron chi connectivity index (χ2n) is 13.3. The molecule has 0 radical (unpaired) electrons. The highest BCUT2D eigenvalue weighted by Gasteiger charge is 2.21. The molecular formula is C48H29NO2S. The first-order valence-electron chi connectivity index (χ1n) is 17.5. The lowest BCUT2D eigenvalue weighted by molar-refractivity contribution is 0.668. The van der Waals surface area contributed by atoms with Gasteiger partial charge in [-0.3, -0.25) is 0 Å². The maximum Gasteiger partial charge on any atom is 0.137 e. The lowest BCUT2D eigenvalue weighted by Crippen LogP contribution is -2.10. The number of para-hydroxylation sites is 2. The molecule has 0 aliphatic rings. The quantitative estimate of drug-likeness (QED) is 0.181. The number of furan rings is 2. The van der Waals surface area contributed by atoms with Crippen LogP contribution in [0.15, 0.2) is 185 Å². The van der Waals surface area contributed by atoms with E-state index in [9.17, 15) is 0 Å². The Morgan fingerprint density at radius 2 is 0.942 bits per heavy atom. The van der Waals surface area contributed by atoms with Gasteiger partial charge in [0.05, 0.1) is 10.4 Å². The molecule has 0 bridgehead atoms. The third-order valence-corrected chi connectivity index (χ3v) is 11.5. The number of fused-ring (bicyclic) bond motifs is 9. The molecule has 0 N–H and O–H groups in total. The zero-order valence-electron chi connectivity index (χ0n) is 27.9. The molecule has 52 heavy (non-hydrogen) atoms. The van der Waals surface area contributed by atoms with E-state index in [0.29, 0.717) is 0 Å². The number of rotatable bonds is 5. The molecule has 0 atom stereocenters. The summed E-state index contributed by atoms with van der Waals surface area (Å²) in [5.41, 5.74) is 11.5. The molecule has 3 heterocycles. The van der Waals surface area contributed by atoms with E-state index in [1.165, 1.54) is 31.3 Å². The van der Waals surface area contributed by atoms with Crippen LogP contribution in [0.5, 0.6) is 0 Å². The Balaban J connectivity index is 1.14. The highest BCUT2D eigenvalue weighted by Crippen LogP contribution is 2.48.